The molecule has 0 aliphatic carbocycles. The Hall–Kier alpha value is -0.940. The minimum absolute atomic E-state index is 0.0801. The fourth-order valence-electron chi connectivity index (χ4n) is 1.55. The van der Waals surface area contributed by atoms with Gasteiger partial charge in [-0.2, -0.15) is 0 Å². The molecule has 0 bridgehead atoms. The van der Waals surface area contributed by atoms with Crippen molar-refractivity contribution in [2.75, 3.05) is 6.54 Å². The van der Waals surface area contributed by atoms with E-state index in [0.29, 0.717) is 11.7 Å². The average molecular weight is 240 g/mol. The van der Waals surface area contributed by atoms with Crippen molar-refractivity contribution in [2.45, 2.75) is 19.4 Å². The van der Waals surface area contributed by atoms with Gasteiger partial charge < -0.3 is 5.32 Å². The van der Waals surface area contributed by atoms with Gasteiger partial charge in [0.1, 0.15) is 6.04 Å². The van der Waals surface area contributed by atoms with Crippen LogP contribution in [0.1, 0.15) is 11.8 Å². The number of rotatable bonds is 3. The Bertz CT molecular complexity index is 375. The van der Waals surface area contributed by atoms with Crippen molar-refractivity contribution in [3.63, 3.8) is 0 Å². The summed E-state index contributed by atoms with van der Waals surface area (Å²) in [5.74, 6) is 0.0801. The van der Waals surface area contributed by atoms with Crippen LogP contribution in [0.15, 0.2) is 17.5 Å². The monoisotopic (exact) mass is 240 g/mol. The van der Waals surface area contributed by atoms with Crippen molar-refractivity contribution in [1.29, 1.82) is 0 Å². The molecule has 1 aliphatic rings. The van der Waals surface area contributed by atoms with E-state index in [0.717, 1.165) is 6.42 Å². The van der Waals surface area contributed by atoms with E-state index in [1.165, 1.54) is 4.88 Å². The van der Waals surface area contributed by atoms with Crippen LogP contribution in [0.5, 0.6) is 0 Å². The zero-order valence-electron chi connectivity index (χ0n) is 8.40. The second-order valence-corrected chi connectivity index (χ2v) is 4.91. The Morgan fingerprint density at radius 3 is 3.00 bits per heavy atom. The van der Waals surface area contributed by atoms with Crippen LogP contribution in [0.25, 0.3) is 0 Å². The van der Waals surface area contributed by atoms with Crippen LogP contribution in [0.2, 0.25) is 0 Å². The number of carbonyl (C=O) groups excluding carboxylic acids is 1. The number of thiocarbonyl (C=S) groups is 1. The minimum Gasteiger partial charge on any atom is -0.351 e. The molecule has 0 radical (unpaired) electrons. The molecule has 1 aliphatic heterocycles. The van der Waals surface area contributed by atoms with E-state index in [-0.39, 0.29) is 11.9 Å². The summed E-state index contributed by atoms with van der Waals surface area (Å²) in [6.45, 7) is 2.51. The molecule has 1 aromatic heterocycles. The predicted molar refractivity (Wildman–Crippen MR) is 64.9 cm³/mol. The fraction of sp³-hybridized carbons (Fsp3) is 0.400. The highest BCUT2D eigenvalue weighted by molar-refractivity contribution is 7.80. The van der Waals surface area contributed by atoms with E-state index in [1.807, 2.05) is 18.4 Å². The lowest BCUT2D eigenvalue weighted by atomic mass is 10.3. The van der Waals surface area contributed by atoms with E-state index >= 15 is 0 Å². The molecule has 0 aromatic carbocycles. The second kappa shape index (κ2) is 4.28. The Balaban J connectivity index is 1.95. The summed E-state index contributed by atoms with van der Waals surface area (Å²) in [5.41, 5.74) is 0. The molecule has 3 nitrogen and oxygen atoms in total. The van der Waals surface area contributed by atoms with Gasteiger partial charge in [-0.15, -0.1) is 11.3 Å². The maximum absolute atomic E-state index is 11.7. The van der Waals surface area contributed by atoms with Gasteiger partial charge in [-0.3, -0.25) is 9.69 Å². The summed E-state index contributed by atoms with van der Waals surface area (Å²) >= 11 is 6.79. The molecule has 0 saturated carbocycles. The maximum atomic E-state index is 11.7. The molecule has 1 fully saturated rings. The summed E-state index contributed by atoms with van der Waals surface area (Å²) in [7, 11) is 0. The number of thiophene rings is 1. The molecule has 15 heavy (non-hydrogen) atoms. The summed E-state index contributed by atoms with van der Waals surface area (Å²) < 4.78 is 0. The van der Waals surface area contributed by atoms with Gasteiger partial charge >= 0.3 is 0 Å². The number of amides is 1. The van der Waals surface area contributed by atoms with Gasteiger partial charge in [-0.05, 0) is 37.0 Å². The van der Waals surface area contributed by atoms with Crippen LogP contribution in [0.4, 0.5) is 0 Å². The molecular formula is C10H12N2OS2. The summed E-state index contributed by atoms with van der Waals surface area (Å²) in [4.78, 5) is 14.6. The molecule has 5 heteroatoms. The van der Waals surface area contributed by atoms with Crippen LogP contribution in [0.3, 0.4) is 0 Å². The first-order chi connectivity index (χ1) is 7.18. The Labute approximate surface area is 98.1 Å². The number of hydrogen-bond acceptors (Lipinski definition) is 3. The van der Waals surface area contributed by atoms with E-state index in [1.54, 1.807) is 16.2 Å². The zero-order valence-corrected chi connectivity index (χ0v) is 10.0. The fourth-order valence-corrected chi connectivity index (χ4v) is 2.60. The lowest BCUT2D eigenvalue weighted by Gasteiger charge is -2.13. The minimum atomic E-state index is -0.166. The Morgan fingerprint density at radius 2 is 2.47 bits per heavy atom. The van der Waals surface area contributed by atoms with E-state index in [2.05, 4.69) is 11.4 Å². The first-order valence-electron chi connectivity index (χ1n) is 4.83. The van der Waals surface area contributed by atoms with Gasteiger partial charge in [0.05, 0.1) is 0 Å². The van der Waals surface area contributed by atoms with Crippen molar-refractivity contribution in [3.05, 3.63) is 22.4 Å². The quantitative estimate of drug-likeness (QED) is 0.811. The molecular weight excluding hydrogens is 228 g/mol. The molecule has 0 unspecified atom stereocenters. The van der Waals surface area contributed by atoms with Crippen LogP contribution >= 0.6 is 23.6 Å². The van der Waals surface area contributed by atoms with Gasteiger partial charge in [-0.1, -0.05) is 6.07 Å². The second-order valence-electron chi connectivity index (χ2n) is 3.49. The van der Waals surface area contributed by atoms with Crippen LogP contribution in [-0.2, 0) is 11.2 Å². The average Bonchev–Trinajstić information content (AvgIpc) is 2.76. The first-order valence-corrected chi connectivity index (χ1v) is 6.11. The van der Waals surface area contributed by atoms with E-state index in [4.69, 9.17) is 12.2 Å². The lowest BCUT2D eigenvalue weighted by Crippen LogP contribution is -2.32. The van der Waals surface area contributed by atoms with Gasteiger partial charge in [0.25, 0.3) is 5.91 Å². The van der Waals surface area contributed by atoms with Crippen molar-refractivity contribution < 1.29 is 4.79 Å². The third-order valence-corrected chi connectivity index (χ3v) is 3.66. The largest absolute Gasteiger partial charge is 0.351 e. The first kappa shape index (κ1) is 10.6. The Morgan fingerprint density at radius 1 is 1.67 bits per heavy atom. The summed E-state index contributed by atoms with van der Waals surface area (Å²) in [5, 5.41) is 5.56. The molecule has 2 heterocycles. The third-order valence-electron chi connectivity index (χ3n) is 2.38. The standard InChI is InChI=1S/C10H12N2OS2/c1-7-9(13)12(10(14)11-7)5-4-8-3-2-6-15-8/h2-3,6-7H,4-5H2,1H3,(H,11,14)/t7-/m0/s1. The summed E-state index contributed by atoms with van der Waals surface area (Å²) in [6.07, 6.45) is 0.873. The molecule has 0 spiro atoms. The van der Waals surface area contributed by atoms with Crippen LogP contribution in [-0.4, -0.2) is 28.5 Å². The molecule has 1 aromatic rings. The summed E-state index contributed by atoms with van der Waals surface area (Å²) in [6, 6.07) is 3.93. The Kier molecular flexibility index (Phi) is 3.02. The topological polar surface area (TPSA) is 32.3 Å². The van der Waals surface area contributed by atoms with Crippen molar-refractivity contribution in [1.82, 2.24) is 10.2 Å². The highest BCUT2D eigenvalue weighted by atomic mass is 32.1. The maximum Gasteiger partial charge on any atom is 0.251 e. The van der Waals surface area contributed by atoms with Crippen LogP contribution in [0, 0.1) is 0 Å². The van der Waals surface area contributed by atoms with Crippen molar-refractivity contribution in [3.8, 4) is 0 Å². The highest BCUT2D eigenvalue weighted by Crippen LogP contribution is 2.12. The molecule has 80 valence electrons. The normalized spacial score (nSPS) is 20.9. The SMILES string of the molecule is C[C@@H]1NC(=S)N(CCc2cccs2)C1=O. The lowest BCUT2D eigenvalue weighted by molar-refractivity contribution is -0.126. The highest BCUT2D eigenvalue weighted by Gasteiger charge is 2.31. The number of hydrogen-bond donors (Lipinski definition) is 1. The molecule has 1 atom stereocenters. The van der Waals surface area contributed by atoms with Gasteiger partial charge in [0.2, 0.25) is 0 Å². The number of nitrogens with zero attached hydrogens (tertiary/aromatic N) is 1. The molecule has 2 rings (SSSR count). The van der Waals surface area contributed by atoms with E-state index < -0.39 is 0 Å². The molecule has 1 saturated heterocycles. The predicted octanol–water partition coefficient (Wildman–Crippen LogP) is 1.40. The zero-order chi connectivity index (χ0) is 10.8. The van der Waals surface area contributed by atoms with Gasteiger partial charge in [0.15, 0.2) is 5.11 Å². The molecule has 1 amide bonds. The van der Waals surface area contributed by atoms with Gasteiger partial charge in [-0.25, -0.2) is 0 Å². The third kappa shape index (κ3) is 2.18. The van der Waals surface area contributed by atoms with Gasteiger partial charge in [0, 0.05) is 11.4 Å². The molecule has 1 N–H and O–H groups in total. The van der Waals surface area contributed by atoms with Crippen molar-refractivity contribution in [2.24, 2.45) is 0 Å². The van der Waals surface area contributed by atoms with Crippen molar-refractivity contribution >= 4 is 34.6 Å². The number of carbonyl (C=O) groups is 1. The van der Waals surface area contributed by atoms with Crippen LogP contribution < -0.4 is 5.32 Å². The van der Waals surface area contributed by atoms with E-state index in [9.17, 15) is 4.79 Å². The smallest absolute Gasteiger partial charge is 0.251 e. The number of nitrogens with one attached hydrogen (secondary N) is 1.